The fourth-order valence-corrected chi connectivity index (χ4v) is 3.20. The second kappa shape index (κ2) is 6.29. The Kier molecular flexibility index (Phi) is 4.22. The summed E-state index contributed by atoms with van der Waals surface area (Å²) in [5.74, 6) is -0.773. The molecule has 1 N–H and O–H groups in total. The number of amides is 1. The number of hydrogen-bond acceptors (Lipinski definition) is 4. The smallest absolute Gasteiger partial charge is 0.358 e. The fourth-order valence-electron chi connectivity index (χ4n) is 3.20. The van der Waals surface area contributed by atoms with Gasteiger partial charge in [0, 0.05) is 19.0 Å². The van der Waals surface area contributed by atoms with Crippen LogP contribution in [-0.2, 0) is 4.79 Å². The molecule has 1 aromatic rings. The lowest BCUT2D eigenvalue weighted by molar-refractivity contribution is -0.137. The van der Waals surface area contributed by atoms with E-state index in [1.165, 1.54) is 6.20 Å². The van der Waals surface area contributed by atoms with Crippen LogP contribution in [0, 0.1) is 5.92 Å². The van der Waals surface area contributed by atoms with E-state index >= 15 is 0 Å². The molecule has 0 aromatic carbocycles. The van der Waals surface area contributed by atoms with Crippen LogP contribution in [0.4, 0.5) is 0 Å². The molecule has 1 aliphatic heterocycles. The summed E-state index contributed by atoms with van der Waals surface area (Å²) in [5.41, 5.74) is -0.0548. The molecule has 0 saturated carbocycles. The number of aromatic carboxylic acids is 1. The summed E-state index contributed by atoms with van der Waals surface area (Å²) in [6, 6.07) is 0.0115. The van der Waals surface area contributed by atoms with Crippen LogP contribution < -0.4 is 0 Å². The van der Waals surface area contributed by atoms with Crippen LogP contribution >= 0.6 is 0 Å². The first-order valence-corrected chi connectivity index (χ1v) is 7.74. The Balaban J connectivity index is 1.66. The van der Waals surface area contributed by atoms with Gasteiger partial charge in [-0.1, -0.05) is 17.4 Å². The van der Waals surface area contributed by atoms with Gasteiger partial charge in [-0.25, -0.2) is 9.48 Å². The Bertz CT molecular complexity index is 595. The molecule has 0 bridgehead atoms. The van der Waals surface area contributed by atoms with Gasteiger partial charge in [-0.2, -0.15) is 0 Å². The molecule has 1 fully saturated rings. The minimum absolute atomic E-state index is 0.0115. The lowest BCUT2D eigenvalue weighted by Gasteiger charge is -2.35. The van der Waals surface area contributed by atoms with Gasteiger partial charge in [0.25, 0.3) is 0 Å². The summed E-state index contributed by atoms with van der Waals surface area (Å²) in [7, 11) is 0. The third-order valence-electron chi connectivity index (χ3n) is 4.43. The number of aromatic nitrogens is 3. The maximum Gasteiger partial charge on any atom is 0.358 e. The van der Waals surface area contributed by atoms with Crippen molar-refractivity contribution in [2.45, 2.75) is 38.1 Å². The third kappa shape index (κ3) is 3.03. The molecule has 2 unspecified atom stereocenters. The average Bonchev–Trinajstić information content (AvgIpc) is 3.05. The van der Waals surface area contributed by atoms with E-state index in [1.807, 2.05) is 4.90 Å². The highest BCUT2D eigenvalue weighted by atomic mass is 16.4. The van der Waals surface area contributed by atoms with Crippen LogP contribution in [-0.4, -0.2) is 50.0 Å². The van der Waals surface area contributed by atoms with E-state index in [0.29, 0.717) is 6.54 Å². The van der Waals surface area contributed by atoms with Crippen LogP contribution in [0.5, 0.6) is 0 Å². The van der Waals surface area contributed by atoms with E-state index in [2.05, 4.69) is 22.5 Å². The van der Waals surface area contributed by atoms with Crippen molar-refractivity contribution in [2.75, 3.05) is 13.1 Å². The molecule has 2 aliphatic rings. The molecule has 7 nitrogen and oxygen atoms in total. The minimum Gasteiger partial charge on any atom is -0.476 e. The van der Waals surface area contributed by atoms with Crippen molar-refractivity contribution in [3.05, 3.63) is 24.0 Å². The topological polar surface area (TPSA) is 88.3 Å². The Labute approximate surface area is 128 Å². The normalized spacial score (nSPS) is 25.2. The number of nitrogens with zero attached hydrogens (tertiary/aromatic N) is 4. The fraction of sp³-hybridized carbons (Fsp3) is 0.600. The van der Waals surface area contributed by atoms with Crippen molar-refractivity contribution in [1.29, 1.82) is 0 Å². The van der Waals surface area contributed by atoms with E-state index < -0.39 is 5.97 Å². The SMILES string of the molecule is O=C(O)c1cn(C2CCCN(C(=O)C3CC=CCC3)C2)nn1. The molecule has 7 heteroatoms. The Morgan fingerprint density at radius 1 is 1.27 bits per heavy atom. The molecule has 1 saturated heterocycles. The second-order valence-corrected chi connectivity index (χ2v) is 5.95. The number of carbonyl (C=O) groups excluding carboxylic acids is 1. The third-order valence-corrected chi connectivity index (χ3v) is 4.43. The van der Waals surface area contributed by atoms with Crippen LogP contribution in [0.3, 0.4) is 0 Å². The number of piperidine rings is 1. The zero-order chi connectivity index (χ0) is 15.5. The van der Waals surface area contributed by atoms with Crippen molar-refractivity contribution in [2.24, 2.45) is 5.92 Å². The Hall–Kier alpha value is -2.18. The molecular weight excluding hydrogens is 284 g/mol. The van der Waals surface area contributed by atoms with Crippen molar-refractivity contribution in [3.8, 4) is 0 Å². The maximum absolute atomic E-state index is 12.6. The van der Waals surface area contributed by atoms with Crippen molar-refractivity contribution in [1.82, 2.24) is 19.9 Å². The van der Waals surface area contributed by atoms with E-state index in [-0.39, 0.29) is 23.6 Å². The predicted octanol–water partition coefficient (Wildman–Crippen LogP) is 1.50. The Morgan fingerprint density at radius 3 is 2.82 bits per heavy atom. The molecule has 1 aromatic heterocycles. The highest BCUT2D eigenvalue weighted by molar-refractivity contribution is 5.84. The van der Waals surface area contributed by atoms with Crippen LogP contribution in [0.1, 0.15) is 48.6 Å². The standard InChI is InChI=1S/C15H20N4O3/c20-14(11-5-2-1-3-6-11)18-8-4-7-12(9-18)19-10-13(15(21)22)16-17-19/h1-2,10-12H,3-9H2,(H,21,22). The number of likely N-dealkylation sites (tertiary alicyclic amines) is 1. The number of rotatable bonds is 3. The predicted molar refractivity (Wildman–Crippen MR) is 78.3 cm³/mol. The van der Waals surface area contributed by atoms with E-state index in [4.69, 9.17) is 5.11 Å². The van der Waals surface area contributed by atoms with Gasteiger partial charge in [-0.05, 0) is 32.1 Å². The monoisotopic (exact) mass is 304 g/mol. The molecule has 0 spiro atoms. The number of carboxylic acid groups (broad SMARTS) is 1. The molecular formula is C15H20N4O3. The molecule has 1 amide bonds. The molecule has 2 atom stereocenters. The Morgan fingerprint density at radius 2 is 2.14 bits per heavy atom. The summed E-state index contributed by atoms with van der Waals surface area (Å²) in [6.45, 7) is 1.36. The largest absolute Gasteiger partial charge is 0.476 e. The number of hydrogen-bond donors (Lipinski definition) is 1. The maximum atomic E-state index is 12.6. The molecule has 118 valence electrons. The average molecular weight is 304 g/mol. The van der Waals surface area contributed by atoms with Gasteiger partial charge in [0.1, 0.15) is 0 Å². The van der Waals surface area contributed by atoms with Gasteiger partial charge in [0.15, 0.2) is 5.69 Å². The van der Waals surface area contributed by atoms with E-state index in [1.54, 1.807) is 4.68 Å². The summed E-state index contributed by atoms with van der Waals surface area (Å²) >= 11 is 0. The highest BCUT2D eigenvalue weighted by Gasteiger charge is 2.30. The number of carbonyl (C=O) groups is 2. The number of allylic oxidation sites excluding steroid dienone is 2. The number of carboxylic acids is 1. The van der Waals surface area contributed by atoms with E-state index in [0.717, 1.165) is 38.6 Å². The quantitative estimate of drug-likeness (QED) is 0.855. The van der Waals surface area contributed by atoms with E-state index in [9.17, 15) is 9.59 Å². The molecule has 22 heavy (non-hydrogen) atoms. The lowest BCUT2D eigenvalue weighted by atomic mass is 9.92. The molecule has 2 heterocycles. The zero-order valence-corrected chi connectivity index (χ0v) is 12.4. The summed E-state index contributed by atoms with van der Waals surface area (Å²) in [5, 5.41) is 16.5. The van der Waals surface area contributed by atoms with Crippen LogP contribution in [0.15, 0.2) is 18.3 Å². The molecule has 0 radical (unpaired) electrons. The van der Waals surface area contributed by atoms with Crippen LogP contribution in [0.25, 0.3) is 0 Å². The van der Waals surface area contributed by atoms with Crippen molar-refractivity contribution in [3.63, 3.8) is 0 Å². The van der Waals surface area contributed by atoms with Crippen molar-refractivity contribution >= 4 is 11.9 Å². The summed E-state index contributed by atoms with van der Waals surface area (Å²) < 4.78 is 1.59. The summed E-state index contributed by atoms with van der Waals surface area (Å²) in [6.07, 6.45) is 10.2. The highest BCUT2D eigenvalue weighted by Crippen LogP contribution is 2.26. The summed E-state index contributed by atoms with van der Waals surface area (Å²) in [4.78, 5) is 25.4. The second-order valence-electron chi connectivity index (χ2n) is 5.95. The first kappa shape index (κ1) is 14.7. The molecule has 1 aliphatic carbocycles. The van der Waals surface area contributed by atoms with Gasteiger partial charge in [0.2, 0.25) is 5.91 Å². The van der Waals surface area contributed by atoms with Gasteiger partial charge in [0.05, 0.1) is 12.2 Å². The first-order valence-electron chi connectivity index (χ1n) is 7.74. The zero-order valence-electron chi connectivity index (χ0n) is 12.4. The minimum atomic E-state index is -1.08. The van der Waals surface area contributed by atoms with Crippen LogP contribution in [0.2, 0.25) is 0 Å². The van der Waals surface area contributed by atoms with Gasteiger partial charge >= 0.3 is 5.97 Å². The van der Waals surface area contributed by atoms with Gasteiger partial charge in [-0.3, -0.25) is 4.79 Å². The first-order chi connectivity index (χ1) is 10.6. The van der Waals surface area contributed by atoms with Crippen molar-refractivity contribution < 1.29 is 14.7 Å². The van der Waals surface area contributed by atoms with Gasteiger partial charge < -0.3 is 10.0 Å². The molecule has 3 rings (SSSR count). The van der Waals surface area contributed by atoms with Gasteiger partial charge in [-0.15, -0.1) is 5.10 Å². The lowest BCUT2D eigenvalue weighted by Crippen LogP contribution is -2.43.